The number of hydrogen-bond donors (Lipinski definition) is 0. The molecular formula is C13H8ClF2NO3. The lowest BCUT2D eigenvalue weighted by Crippen LogP contribution is -2.02. The van der Waals surface area contributed by atoms with Gasteiger partial charge in [0.1, 0.15) is 18.2 Å². The molecule has 0 fully saturated rings. The summed E-state index contributed by atoms with van der Waals surface area (Å²) in [6, 6.07) is 7.27. The summed E-state index contributed by atoms with van der Waals surface area (Å²) in [4.78, 5) is 9.79. The molecule has 0 N–H and O–H groups in total. The first kappa shape index (κ1) is 14.2. The van der Waals surface area contributed by atoms with Crippen LogP contribution in [-0.4, -0.2) is 4.92 Å². The summed E-state index contributed by atoms with van der Waals surface area (Å²) in [6.45, 7) is -0.251. The van der Waals surface area contributed by atoms with Crippen LogP contribution < -0.4 is 4.74 Å². The first-order chi connectivity index (χ1) is 9.49. The van der Waals surface area contributed by atoms with E-state index in [1.807, 2.05) is 0 Å². The van der Waals surface area contributed by atoms with Crippen LogP contribution in [0.2, 0.25) is 5.02 Å². The third-order valence-electron chi connectivity index (χ3n) is 2.53. The molecule has 0 amide bonds. The minimum Gasteiger partial charge on any atom is -0.487 e. The Morgan fingerprint density at radius 2 is 2.00 bits per heavy atom. The van der Waals surface area contributed by atoms with Crippen molar-refractivity contribution >= 4 is 17.3 Å². The summed E-state index contributed by atoms with van der Waals surface area (Å²) >= 11 is 5.75. The largest absolute Gasteiger partial charge is 0.487 e. The van der Waals surface area contributed by atoms with Gasteiger partial charge in [0.05, 0.1) is 9.95 Å². The molecule has 2 aromatic rings. The van der Waals surface area contributed by atoms with Crippen molar-refractivity contribution in [3.05, 3.63) is 68.7 Å². The molecule has 0 aromatic heterocycles. The van der Waals surface area contributed by atoms with Gasteiger partial charge in [-0.15, -0.1) is 0 Å². The Bertz CT molecular complexity index is 664. The molecular weight excluding hydrogens is 292 g/mol. The van der Waals surface area contributed by atoms with Gasteiger partial charge in [0.15, 0.2) is 0 Å². The van der Waals surface area contributed by atoms with Crippen LogP contribution in [0, 0.1) is 21.7 Å². The molecule has 0 aliphatic heterocycles. The lowest BCUT2D eigenvalue weighted by atomic mass is 10.2. The number of halogens is 3. The van der Waals surface area contributed by atoms with Crippen LogP contribution >= 0.6 is 11.6 Å². The highest BCUT2D eigenvalue weighted by Gasteiger charge is 2.17. The number of rotatable bonds is 4. The highest BCUT2D eigenvalue weighted by Crippen LogP contribution is 2.27. The Balaban J connectivity index is 2.19. The van der Waals surface area contributed by atoms with Gasteiger partial charge in [-0.2, -0.15) is 4.39 Å². The third-order valence-corrected chi connectivity index (χ3v) is 2.83. The average molecular weight is 300 g/mol. The smallest absolute Gasteiger partial charge is 0.305 e. The molecule has 0 spiro atoms. The number of nitrogens with zero attached hydrogens (tertiary/aromatic N) is 1. The average Bonchev–Trinajstić information content (AvgIpc) is 2.39. The first-order valence-electron chi connectivity index (χ1n) is 5.48. The maximum atomic E-state index is 13.8. The van der Waals surface area contributed by atoms with Crippen molar-refractivity contribution < 1.29 is 18.4 Å². The highest BCUT2D eigenvalue weighted by atomic mass is 35.5. The Hall–Kier alpha value is -2.21. The molecule has 0 saturated carbocycles. The third kappa shape index (κ3) is 3.03. The molecule has 7 heteroatoms. The van der Waals surface area contributed by atoms with Crippen LogP contribution in [0.5, 0.6) is 5.75 Å². The van der Waals surface area contributed by atoms with Gasteiger partial charge >= 0.3 is 5.69 Å². The van der Waals surface area contributed by atoms with Crippen molar-refractivity contribution in [2.24, 2.45) is 0 Å². The lowest BCUT2D eigenvalue weighted by Gasteiger charge is -2.08. The molecule has 0 unspecified atom stereocenters. The Morgan fingerprint density at radius 1 is 1.25 bits per heavy atom. The SMILES string of the molecule is O=[N+]([O-])c1cccc(COc2ccc(F)cc2Cl)c1F. The molecule has 2 aromatic carbocycles. The van der Waals surface area contributed by atoms with Gasteiger partial charge in [-0.05, 0) is 18.2 Å². The zero-order chi connectivity index (χ0) is 14.7. The van der Waals surface area contributed by atoms with E-state index in [2.05, 4.69) is 0 Å². The van der Waals surface area contributed by atoms with Crippen molar-refractivity contribution in [2.45, 2.75) is 6.61 Å². The van der Waals surface area contributed by atoms with Gasteiger partial charge in [0.25, 0.3) is 0 Å². The predicted molar refractivity (Wildman–Crippen MR) is 68.8 cm³/mol. The van der Waals surface area contributed by atoms with E-state index in [1.165, 1.54) is 18.2 Å². The number of nitro benzene ring substituents is 1. The minimum absolute atomic E-state index is 0.0135. The van der Waals surface area contributed by atoms with E-state index in [1.54, 1.807) is 0 Å². The fourth-order valence-corrected chi connectivity index (χ4v) is 1.79. The standard InChI is InChI=1S/C13H8ClF2NO3/c14-10-6-9(15)4-5-12(10)20-7-8-2-1-3-11(13(8)16)17(18)19/h1-6H,7H2. The van der Waals surface area contributed by atoms with Crippen molar-refractivity contribution in [1.29, 1.82) is 0 Å². The van der Waals surface area contributed by atoms with Gasteiger partial charge in [-0.3, -0.25) is 10.1 Å². The van der Waals surface area contributed by atoms with E-state index in [4.69, 9.17) is 16.3 Å². The second-order valence-corrected chi connectivity index (χ2v) is 4.28. The van der Waals surface area contributed by atoms with Crippen molar-refractivity contribution in [2.75, 3.05) is 0 Å². The van der Waals surface area contributed by atoms with E-state index < -0.39 is 22.2 Å². The molecule has 0 heterocycles. The maximum Gasteiger partial charge on any atom is 0.305 e. The van der Waals surface area contributed by atoms with E-state index >= 15 is 0 Å². The van der Waals surface area contributed by atoms with Crippen LogP contribution in [0.1, 0.15) is 5.56 Å². The van der Waals surface area contributed by atoms with Crippen LogP contribution in [0.4, 0.5) is 14.5 Å². The van der Waals surface area contributed by atoms with Gasteiger partial charge in [-0.1, -0.05) is 23.7 Å². The monoisotopic (exact) mass is 299 g/mol. The van der Waals surface area contributed by atoms with E-state index in [0.717, 1.165) is 18.2 Å². The zero-order valence-corrected chi connectivity index (χ0v) is 10.7. The van der Waals surface area contributed by atoms with E-state index in [9.17, 15) is 18.9 Å². The predicted octanol–water partition coefficient (Wildman–Crippen LogP) is 4.11. The Labute approximate surface area is 117 Å². The number of benzene rings is 2. The molecule has 0 aliphatic carbocycles. The number of nitro groups is 1. The fraction of sp³-hybridized carbons (Fsp3) is 0.0769. The molecule has 4 nitrogen and oxygen atoms in total. The second kappa shape index (κ2) is 5.83. The molecule has 20 heavy (non-hydrogen) atoms. The fourth-order valence-electron chi connectivity index (χ4n) is 1.57. The number of hydrogen-bond acceptors (Lipinski definition) is 3. The van der Waals surface area contributed by atoms with Crippen LogP contribution in [-0.2, 0) is 6.61 Å². The molecule has 0 atom stereocenters. The first-order valence-corrected chi connectivity index (χ1v) is 5.86. The van der Waals surface area contributed by atoms with E-state index in [0.29, 0.717) is 0 Å². The van der Waals surface area contributed by atoms with Crippen LogP contribution in [0.3, 0.4) is 0 Å². The van der Waals surface area contributed by atoms with Crippen molar-refractivity contribution in [1.82, 2.24) is 0 Å². The van der Waals surface area contributed by atoms with Crippen LogP contribution in [0.15, 0.2) is 36.4 Å². The number of ether oxygens (including phenoxy) is 1. The summed E-state index contributed by atoms with van der Waals surface area (Å²) < 4.78 is 31.8. The summed E-state index contributed by atoms with van der Waals surface area (Å²) in [5, 5.41) is 10.6. The Morgan fingerprint density at radius 3 is 2.65 bits per heavy atom. The van der Waals surface area contributed by atoms with Crippen molar-refractivity contribution in [3.8, 4) is 5.75 Å². The summed E-state index contributed by atoms with van der Waals surface area (Å²) in [5.74, 6) is -1.32. The molecule has 104 valence electrons. The quantitative estimate of drug-likeness (QED) is 0.630. The van der Waals surface area contributed by atoms with E-state index in [-0.39, 0.29) is 22.9 Å². The molecule has 0 radical (unpaired) electrons. The minimum atomic E-state index is -0.962. The second-order valence-electron chi connectivity index (χ2n) is 3.87. The summed E-state index contributed by atoms with van der Waals surface area (Å²) in [7, 11) is 0. The van der Waals surface area contributed by atoms with Gasteiger partial charge in [0.2, 0.25) is 5.82 Å². The lowest BCUT2D eigenvalue weighted by molar-refractivity contribution is -0.387. The molecule has 0 bridgehead atoms. The van der Waals surface area contributed by atoms with Gasteiger partial charge in [0, 0.05) is 11.6 Å². The summed E-state index contributed by atoms with van der Waals surface area (Å²) in [5.41, 5.74) is -0.615. The normalized spacial score (nSPS) is 10.3. The van der Waals surface area contributed by atoms with Gasteiger partial charge in [-0.25, -0.2) is 4.39 Å². The molecule has 0 aliphatic rings. The molecule has 2 rings (SSSR count). The maximum absolute atomic E-state index is 13.8. The van der Waals surface area contributed by atoms with Crippen LogP contribution in [0.25, 0.3) is 0 Å². The zero-order valence-electron chi connectivity index (χ0n) is 9.98. The molecule has 0 saturated heterocycles. The highest BCUT2D eigenvalue weighted by molar-refractivity contribution is 6.32. The summed E-state index contributed by atoms with van der Waals surface area (Å²) in [6.07, 6.45) is 0. The van der Waals surface area contributed by atoms with Crippen molar-refractivity contribution in [3.63, 3.8) is 0 Å². The van der Waals surface area contributed by atoms with Gasteiger partial charge < -0.3 is 4.74 Å². The topological polar surface area (TPSA) is 52.4 Å². The Kier molecular flexibility index (Phi) is 4.14.